The van der Waals surface area contributed by atoms with Crippen LogP contribution in [0.3, 0.4) is 0 Å². The number of rotatable bonds is 6. The molecular formula is C18H24N2O2. The molecule has 0 aliphatic heterocycles. The van der Waals surface area contributed by atoms with E-state index < -0.39 is 6.10 Å². The lowest BCUT2D eigenvalue weighted by molar-refractivity contribution is -0.0212. The van der Waals surface area contributed by atoms with E-state index in [1.54, 1.807) is 12.5 Å². The van der Waals surface area contributed by atoms with Gasteiger partial charge in [0.25, 0.3) is 0 Å². The highest BCUT2D eigenvalue weighted by atomic mass is 16.5. The Labute approximate surface area is 131 Å². The molecule has 4 nitrogen and oxygen atoms in total. The van der Waals surface area contributed by atoms with Crippen molar-refractivity contribution < 1.29 is 9.84 Å². The zero-order chi connectivity index (χ0) is 15.2. The summed E-state index contributed by atoms with van der Waals surface area (Å²) in [6, 6.07) is 9.76. The molecule has 1 aromatic carbocycles. The van der Waals surface area contributed by atoms with Gasteiger partial charge in [0, 0.05) is 12.4 Å². The van der Waals surface area contributed by atoms with Crippen LogP contribution in [0.15, 0.2) is 49.1 Å². The highest BCUT2D eigenvalue weighted by Gasteiger charge is 2.30. The Morgan fingerprint density at radius 1 is 1.18 bits per heavy atom. The smallest absolute Gasteiger partial charge is 0.143 e. The molecule has 2 atom stereocenters. The van der Waals surface area contributed by atoms with Crippen LogP contribution in [0.2, 0.25) is 0 Å². The number of imidazole rings is 1. The Morgan fingerprint density at radius 2 is 1.95 bits per heavy atom. The van der Waals surface area contributed by atoms with E-state index in [1.165, 1.54) is 19.3 Å². The molecular weight excluding hydrogens is 276 g/mol. The Hall–Kier alpha value is -1.81. The van der Waals surface area contributed by atoms with Crippen molar-refractivity contribution in [2.45, 2.75) is 50.9 Å². The maximum Gasteiger partial charge on any atom is 0.143 e. The van der Waals surface area contributed by atoms with Gasteiger partial charge in [-0.3, -0.25) is 0 Å². The molecule has 1 saturated carbocycles. The van der Waals surface area contributed by atoms with Gasteiger partial charge in [0.1, 0.15) is 11.9 Å². The molecule has 0 radical (unpaired) electrons. The molecule has 0 bridgehead atoms. The van der Waals surface area contributed by atoms with Gasteiger partial charge >= 0.3 is 0 Å². The van der Waals surface area contributed by atoms with Crippen molar-refractivity contribution >= 4 is 0 Å². The molecule has 22 heavy (non-hydrogen) atoms. The SMILES string of the molecule is OC(C1CCCCC1)C(Cn1ccnc1)Oc1ccccc1. The molecule has 1 aromatic heterocycles. The fourth-order valence-corrected chi connectivity index (χ4v) is 3.27. The van der Waals surface area contributed by atoms with Crippen molar-refractivity contribution in [1.29, 1.82) is 0 Å². The number of ether oxygens (including phenoxy) is 1. The van der Waals surface area contributed by atoms with Crippen LogP contribution < -0.4 is 4.74 Å². The second-order valence-corrected chi connectivity index (χ2v) is 6.12. The Balaban J connectivity index is 1.72. The number of aliphatic hydroxyl groups is 1. The minimum atomic E-state index is -0.442. The summed E-state index contributed by atoms with van der Waals surface area (Å²) >= 11 is 0. The summed E-state index contributed by atoms with van der Waals surface area (Å²) in [6.07, 6.45) is 10.7. The van der Waals surface area contributed by atoms with E-state index in [2.05, 4.69) is 4.98 Å². The number of para-hydroxylation sites is 1. The van der Waals surface area contributed by atoms with Crippen molar-refractivity contribution in [2.24, 2.45) is 5.92 Å². The van der Waals surface area contributed by atoms with Crippen LogP contribution in [0.4, 0.5) is 0 Å². The highest BCUT2D eigenvalue weighted by Crippen LogP contribution is 2.29. The molecule has 0 spiro atoms. The van der Waals surface area contributed by atoms with E-state index in [0.29, 0.717) is 12.5 Å². The maximum atomic E-state index is 10.8. The van der Waals surface area contributed by atoms with Gasteiger partial charge < -0.3 is 14.4 Å². The van der Waals surface area contributed by atoms with Crippen LogP contribution in [0.1, 0.15) is 32.1 Å². The summed E-state index contributed by atoms with van der Waals surface area (Å²) < 4.78 is 8.08. The van der Waals surface area contributed by atoms with Gasteiger partial charge in [-0.1, -0.05) is 37.5 Å². The molecule has 1 aliphatic carbocycles. The average Bonchev–Trinajstić information content (AvgIpc) is 3.08. The van der Waals surface area contributed by atoms with E-state index in [-0.39, 0.29) is 6.10 Å². The Kier molecular flexibility index (Phi) is 5.11. The standard InChI is InChI=1S/C18H24N2O2/c21-18(15-7-3-1-4-8-15)17(13-20-12-11-19-14-20)22-16-9-5-2-6-10-16/h2,5-6,9-12,14-15,17-18,21H,1,3-4,7-8,13H2. The van der Waals surface area contributed by atoms with Gasteiger partial charge in [-0.05, 0) is 30.9 Å². The van der Waals surface area contributed by atoms with Crippen molar-refractivity contribution in [1.82, 2.24) is 9.55 Å². The molecule has 3 rings (SSSR count). The number of hydrogen-bond acceptors (Lipinski definition) is 3. The van der Waals surface area contributed by atoms with Crippen molar-refractivity contribution in [3.63, 3.8) is 0 Å². The first kappa shape index (κ1) is 15.1. The topological polar surface area (TPSA) is 47.3 Å². The molecule has 0 amide bonds. The molecule has 1 fully saturated rings. The first-order chi connectivity index (χ1) is 10.8. The van der Waals surface area contributed by atoms with Crippen LogP contribution in [0, 0.1) is 5.92 Å². The third kappa shape index (κ3) is 3.89. The van der Waals surface area contributed by atoms with Crippen LogP contribution in [-0.4, -0.2) is 26.9 Å². The van der Waals surface area contributed by atoms with E-state index in [9.17, 15) is 5.11 Å². The lowest BCUT2D eigenvalue weighted by Crippen LogP contribution is -2.41. The number of aliphatic hydroxyl groups excluding tert-OH is 1. The van der Waals surface area contributed by atoms with E-state index in [0.717, 1.165) is 18.6 Å². The van der Waals surface area contributed by atoms with Crippen molar-refractivity contribution in [2.75, 3.05) is 0 Å². The molecule has 2 aromatic rings. The van der Waals surface area contributed by atoms with Crippen LogP contribution >= 0.6 is 0 Å². The van der Waals surface area contributed by atoms with Crippen LogP contribution in [0.25, 0.3) is 0 Å². The zero-order valence-electron chi connectivity index (χ0n) is 12.8. The molecule has 118 valence electrons. The minimum absolute atomic E-state index is 0.250. The third-order valence-electron chi connectivity index (χ3n) is 4.49. The molecule has 2 unspecified atom stereocenters. The Morgan fingerprint density at radius 3 is 2.64 bits per heavy atom. The molecule has 1 N–H and O–H groups in total. The van der Waals surface area contributed by atoms with Crippen LogP contribution in [0.5, 0.6) is 5.75 Å². The third-order valence-corrected chi connectivity index (χ3v) is 4.49. The number of benzene rings is 1. The summed E-state index contributed by atoms with van der Waals surface area (Å²) in [5, 5.41) is 10.8. The number of aromatic nitrogens is 2. The quantitative estimate of drug-likeness (QED) is 0.890. The Bertz CT molecular complexity index is 535. The summed E-state index contributed by atoms with van der Waals surface area (Å²) in [4.78, 5) is 4.08. The van der Waals surface area contributed by atoms with Crippen molar-refractivity contribution in [3.05, 3.63) is 49.1 Å². The molecule has 0 saturated heterocycles. The van der Waals surface area contributed by atoms with Gasteiger partial charge in [0.15, 0.2) is 0 Å². The highest BCUT2D eigenvalue weighted by molar-refractivity contribution is 5.21. The summed E-state index contributed by atoms with van der Waals surface area (Å²) in [5.41, 5.74) is 0. The number of hydrogen-bond donors (Lipinski definition) is 1. The number of nitrogens with zero attached hydrogens (tertiary/aromatic N) is 2. The van der Waals surface area contributed by atoms with Gasteiger partial charge in [0.05, 0.1) is 19.0 Å². The molecule has 4 heteroatoms. The first-order valence-corrected chi connectivity index (χ1v) is 8.18. The fourth-order valence-electron chi connectivity index (χ4n) is 3.27. The lowest BCUT2D eigenvalue weighted by atomic mass is 9.83. The average molecular weight is 300 g/mol. The predicted octanol–water partition coefficient (Wildman–Crippen LogP) is 3.27. The fraction of sp³-hybridized carbons (Fsp3) is 0.500. The van der Waals surface area contributed by atoms with E-state index >= 15 is 0 Å². The second-order valence-electron chi connectivity index (χ2n) is 6.12. The van der Waals surface area contributed by atoms with E-state index in [1.807, 2.05) is 41.1 Å². The molecule has 1 aliphatic rings. The van der Waals surface area contributed by atoms with Gasteiger partial charge in [0.2, 0.25) is 0 Å². The second kappa shape index (κ2) is 7.45. The molecule has 1 heterocycles. The largest absolute Gasteiger partial charge is 0.486 e. The summed E-state index contributed by atoms with van der Waals surface area (Å²) in [7, 11) is 0. The van der Waals surface area contributed by atoms with Crippen molar-refractivity contribution in [3.8, 4) is 5.75 Å². The summed E-state index contributed by atoms with van der Waals surface area (Å²) in [5.74, 6) is 1.15. The normalized spacial score (nSPS) is 18.8. The minimum Gasteiger partial charge on any atom is -0.486 e. The predicted molar refractivity (Wildman–Crippen MR) is 85.7 cm³/mol. The van der Waals surface area contributed by atoms with E-state index in [4.69, 9.17) is 4.74 Å². The van der Waals surface area contributed by atoms with Gasteiger partial charge in [-0.15, -0.1) is 0 Å². The van der Waals surface area contributed by atoms with Crippen LogP contribution in [-0.2, 0) is 6.54 Å². The monoisotopic (exact) mass is 300 g/mol. The van der Waals surface area contributed by atoms with Gasteiger partial charge in [-0.25, -0.2) is 4.98 Å². The summed E-state index contributed by atoms with van der Waals surface area (Å²) in [6.45, 7) is 0.618. The first-order valence-electron chi connectivity index (χ1n) is 8.18. The zero-order valence-corrected chi connectivity index (χ0v) is 12.8. The van der Waals surface area contributed by atoms with Gasteiger partial charge in [-0.2, -0.15) is 0 Å². The lowest BCUT2D eigenvalue weighted by Gasteiger charge is -2.32. The maximum absolute atomic E-state index is 10.8.